The largest absolute Gasteiger partial charge is 0.491 e. The molecule has 0 spiro atoms. The van der Waals surface area contributed by atoms with Gasteiger partial charge in [0.15, 0.2) is 17.4 Å². The summed E-state index contributed by atoms with van der Waals surface area (Å²) in [6.45, 7) is 0.0974. The molecule has 0 saturated carbocycles. The summed E-state index contributed by atoms with van der Waals surface area (Å²) >= 11 is 0. The predicted octanol–water partition coefficient (Wildman–Crippen LogP) is 1.51. The van der Waals surface area contributed by atoms with Crippen LogP contribution in [0.1, 0.15) is 5.56 Å². The Balaban J connectivity index is 2.35. The number of ether oxygens (including phenoxy) is 1. The molecule has 0 aliphatic heterocycles. The quantitative estimate of drug-likeness (QED) is 0.884. The van der Waals surface area contributed by atoms with Gasteiger partial charge >= 0.3 is 5.69 Å². The van der Waals surface area contributed by atoms with E-state index in [1.807, 2.05) is 0 Å². The lowest BCUT2D eigenvalue weighted by atomic mass is 10.2. The summed E-state index contributed by atoms with van der Waals surface area (Å²) in [6.07, 6.45) is 2.96. The summed E-state index contributed by atoms with van der Waals surface area (Å²) in [7, 11) is 1.19. The molecule has 17 heavy (non-hydrogen) atoms. The van der Waals surface area contributed by atoms with Crippen LogP contribution >= 0.6 is 0 Å². The van der Waals surface area contributed by atoms with E-state index in [0.29, 0.717) is 5.56 Å². The third-order valence-electron chi connectivity index (χ3n) is 2.34. The fraction of sp³-hybridized carbons (Fsp3) is 0.182. The van der Waals surface area contributed by atoms with E-state index in [1.165, 1.54) is 24.1 Å². The molecule has 0 saturated heterocycles. The number of halogens is 2. The van der Waals surface area contributed by atoms with Crippen molar-refractivity contribution >= 4 is 0 Å². The van der Waals surface area contributed by atoms with Crippen LogP contribution in [0, 0.1) is 11.6 Å². The number of nitrogens with zero attached hydrogens (tertiary/aromatic N) is 1. The Morgan fingerprint density at radius 3 is 2.47 bits per heavy atom. The number of aromatic nitrogens is 2. The molecular formula is C11H10F2N2O2. The van der Waals surface area contributed by atoms with E-state index in [9.17, 15) is 13.6 Å². The van der Waals surface area contributed by atoms with Crippen LogP contribution in [-0.4, -0.2) is 16.7 Å². The Bertz CT molecular complexity index is 566. The summed E-state index contributed by atoms with van der Waals surface area (Å²) in [5.41, 5.74) is 0.0177. The number of benzene rings is 1. The van der Waals surface area contributed by atoms with Crippen molar-refractivity contribution in [1.82, 2.24) is 9.55 Å². The number of nitrogens with one attached hydrogen (secondary N) is 1. The van der Waals surface area contributed by atoms with Crippen molar-refractivity contribution in [3.8, 4) is 5.75 Å². The van der Waals surface area contributed by atoms with Gasteiger partial charge in [-0.15, -0.1) is 0 Å². The zero-order chi connectivity index (χ0) is 12.4. The zero-order valence-corrected chi connectivity index (χ0v) is 9.04. The molecule has 0 radical (unpaired) electrons. The van der Waals surface area contributed by atoms with Gasteiger partial charge in [-0.1, -0.05) is 0 Å². The molecule has 0 amide bonds. The molecule has 1 N–H and O–H groups in total. The molecule has 4 nitrogen and oxygen atoms in total. The summed E-state index contributed by atoms with van der Waals surface area (Å²) in [5, 5.41) is 0. The summed E-state index contributed by atoms with van der Waals surface area (Å²) < 4.78 is 32.6. The average molecular weight is 240 g/mol. The highest BCUT2D eigenvalue weighted by Gasteiger charge is 2.11. The second-order valence-corrected chi connectivity index (χ2v) is 3.49. The standard InChI is InChI=1S/C11H10F2N2O2/c1-17-10-8(12)4-7(5-9(10)13)6-15-3-2-14-11(15)16/h2-5H,6H2,1H3,(H,14,16). The van der Waals surface area contributed by atoms with E-state index >= 15 is 0 Å². The highest BCUT2D eigenvalue weighted by atomic mass is 19.1. The van der Waals surface area contributed by atoms with E-state index < -0.39 is 17.4 Å². The highest BCUT2D eigenvalue weighted by molar-refractivity contribution is 5.31. The van der Waals surface area contributed by atoms with Gasteiger partial charge in [-0.3, -0.25) is 4.57 Å². The number of imidazole rings is 1. The molecule has 6 heteroatoms. The van der Waals surface area contributed by atoms with Gasteiger partial charge in [0.1, 0.15) is 0 Å². The first-order valence-corrected chi connectivity index (χ1v) is 4.87. The SMILES string of the molecule is COc1c(F)cc(Cn2cc[nH]c2=O)cc1F. The van der Waals surface area contributed by atoms with Crippen LogP contribution in [0.5, 0.6) is 5.75 Å². The van der Waals surface area contributed by atoms with Crippen LogP contribution in [0.25, 0.3) is 0 Å². The topological polar surface area (TPSA) is 47.0 Å². The smallest absolute Gasteiger partial charge is 0.325 e. The molecule has 0 atom stereocenters. The number of rotatable bonds is 3. The van der Waals surface area contributed by atoms with E-state index in [1.54, 1.807) is 0 Å². The molecule has 1 heterocycles. The third kappa shape index (κ3) is 2.20. The molecule has 0 bridgehead atoms. The molecule has 0 fully saturated rings. The number of aromatic amines is 1. The van der Waals surface area contributed by atoms with Crippen LogP contribution in [0.3, 0.4) is 0 Å². The minimum absolute atomic E-state index is 0.0974. The number of H-pyrrole nitrogens is 1. The summed E-state index contributed by atoms with van der Waals surface area (Å²) in [4.78, 5) is 13.6. The monoisotopic (exact) mass is 240 g/mol. The number of methoxy groups -OCH3 is 1. The van der Waals surface area contributed by atoms with Gasteiger partial charge in [-0.05, 0) is 17.7 Å². The second-order valence-electron chi connectivity index (χ2n) is 3.49. The molecule has 0 aliphatic carbocycles. The molecule has 90 valence electrons. The van der Waals surface area contributed by atoms with Crippen molar-refractivity contribution < 1.29 is 13.5 Å². The van der Waals surface area contributed by atoms with Gasteiger partial charge < -0.3 is 9.72 Å². The predicted molar refractivity (Wildman–Crippen MR) is 57.1 cm³/mol. The first kappa shape index (κ1) is 11.4. The highest BCUT2D eigenvalue weighted by Crippen LogP contribution is 2.22. The molecule has 0 unspecified atom stereocenters. The first-order valence-electron chi connectivity index (χ1n) is 4.87. The van der Waals surface area contributed by atoms with Gasteiger partial charge in [0.2, 0.25) is 0 Å². The molecular weight excluding hydrogens is 230 g/mol. The van der Waals surface area contributed by atoms with Crippen molar-refractivity contribution in [2.75, 3.05) is 7.11 Å². The van der Waals surface area contributed by atoms with E-state index in [4.69, 9.17) is 0 Å². The fourth-order valence-corrected chi connectivity index (χ4v) is 1.57. The van der Waals surface area contributed by atoms with Crippen molar-refractivity contribution in [2.45, 2.75) is 6.54 Å². The lowest BCUT2D eigenvalue weighted by Crippen LogP contribution is -2.17. The van der Waals surface area contributed by atoms with Gasteiger partial charge in [0, 0.05) is 12.4 Å². The van der Waals surface area contributed by atoms with Crippen molar-refractivity contribution in [3.05, 3.63) is 52.2 Å². The van der Waals surface area contributed by atoms with Gasteiger partial charge in [0.25, 0.3) is 0 Å². The minimum atomic E-state index is -0.786. The van der Waals surface area contributed by atoms with Gasteiger partial charge in [-0.2, -0.15) is 0 Å². The van der Waals surface area contributed by atoms with Crippen LogP contribution in [0.2, 0.25) is 0 Å². The third-order valence-corrected chi connectivity index (χ3v) is 2.34. The van der Waals surface area contributed by atoms with E-state index in [0.717, 1.165) is 12.1 Å². The number of hydrogen-bond donors (Lipinski definition) is 1. The molecule has 0 aliphatic rings. The van der Waals surface area contributed by atoms with Crippen molar-refractivity contribution in [2.24, 2.45) is 0 Å². The molecule has 1 aromatic carbocycles. The average Bonchev–Trinajstić information content (AvgIpc) is 2.64. The van der Waals surface area contributed by atoms with Crippen LogP contribution < -0.4 is 10.4 Å². The number of hydrogen-bond acceptors (Lipinski definition) is 2. The van der Waals surface area contributed by atoms with Gasteiger partial charge in [0.05, 0.1) is 13.7 Å². The maximum atomic E-state index is 13.4. The van der Waals surface area contributed by atoms with Crippen LogP contribution in [0.4, 0.5) is 8.78 Å². The van der Waals surface area contributed by atoms with Crippen LogP contribution in [0.15, 0.2) is 29.3 Å². The Hall–Kier alpha value is -2.11. The zero-order valence-electron chi connectivity index (χ0n) is 9.04. The van der Waals surface area contributed by atoms with E-state index in [2.05, 4.69) is 9.72 Å². The van der Waals surface area contributed by atoms with Crippen molar-refractivity contribution in [3.63, 3.8) is 0 Å². The second kappa shape index (κ2) is 4.40. The minimum Gasteiger partial charge on any atom is -0.491 e. The lowest BCUT2D eigenvalue weighted by Gasteiger charge is -2.07. The maximum Gasteiger partial charge on any atom is 0.325 e. The molecule has 2 rings (SSSR count). The Kier molecular flexibility index (Phi) is 2.95. The van der Waals surface area contributed by atoms with Gasteiger partial charge in [-0.25, -0.2) is 13.6 Å². The fourth-order valence-electron chi connectivity index (χ4n) is 1.57. The summed E-state index contributed by atoms with van der Waals surface area (Å²) in [6, 6.07) is 2.28. The van der Waals surface area contributed by atoms with E-state index in [-0.39, 0.29) is 12.2 Å². The first-order chi connectivity index (χ1) is 8.11. The Morgan fingerprint density at radius 1 is 1.35 bits per heavy atom. The normalized spacial score (nSPS) is 10.5. The lowest BCUT2D eigenvalue weighted by molar-refractivity contribution is 0.359. The maximum absolute atomic E-state index is 13.4. The molecule has 1 aromatic heterocycles. The summed E-state index contributed by atoms with van der Waals surface area (Å²) in [5.74, 6) is -1.99. The van der Waals surface area contributed by atoms with Crippen molar-refractivity contribution in [1.29, 1.82) is 0 Å². The van der Waals surface area contributed by atoms with Crippen LogP contribution in [-0.2, 0) is 6.54 Å². The Labute approximate surface area is 95.5 Å². The Morgan fingerprint density at radius 2 is 2.00 bits per heavy atom. The molecule has 2 aromatic rings.